The lowest BCUT2D eigenvalue weighted by Gasteiger charge is -2.08. The van der Waals surface area contributed by atoms with Gasteiger partial charge in [-0.3, -0.25) is 9.78 Å². The molecule has 0 aliphatic rings. The van der Waals surface area contributed by atoms with E-state index in [1.54, 1.807) is 25.3 Å². The second-order valence-corrected chi connectivity index (χ2v) is 3.53. The van der Waals surface area contributed by atoms with E-state index in [4.69, 9.17) is 4.74 Å². The molecular formula is C13H10FNO2. The van der Waals surface area contributed by atoms with Crippen molar-refractivity contribution >= 4 is 6.29 Å². The summed E-state index contributed by atoms with van der Waals surface area (Å²) in [6, 6.07) is 7.30. The predicted octanol–water partition coefficient (Wildman–Crippen LogP) is 3.13. The summed E-state index contributed by atoms with van der Waals surface area (Å²) in [7, 11) is 0. The monoisotopic (exact) mass is 231 g/mol. The number of nitrogens with zero attached hydrogens (tertiary/aromatic N) is 1. The van der Waals surface area contributed by atoms with Crippen LogP contribution in [-0.4, -0.2) is 11.3 Å². The van der Waals surface area contributed by atoms with Crippen molar-refractivity contribution < 1.29 is 13.9 Å². The van der Waals surface area contributed by atoms with E-state index in [0.29, 0.717) is 17.7 Å². The molecule has 0 saturated heterocycles. The van der Waals surface area contributed by atoms with Crippen LogP contribution >= 0.6 is 0 Å². The molecule has 1 aromatic carbocycles. The molecule has 3 nitrogen and oxygen atoms in total. The van der Waals surface area contributed by atoms with Crippen LogP contribution in [0.4, 0.5) is 4.39 Å². The van der Waals surface area contributed by atoms with Crippen molar-refractivity contribution in [2.45, 2.75) is 6.92 Å². The van der Waals surface area contributed by atoms with E-state index in [2.05, 4.69) is 4.98 Å². The lowest BCUT2D eigenvalue weighted by molar-refractivity contribution is 0.112. The van der Waals surface area contributed by atoms with Crippen molar-refractivity contribution in [2.24, 2.45) is 0 Å². The summed E-state index contributed by atoms with van der Waals surface area (Å²) in [6.07, 6.45) is 2.22. The molecule has 0 atom stereocenters. The summed E-state index contributed by atoms with van der Waals surface area (Å²) in [4.78, 5) is 14.6. The molecule has 4 heteroatoms. The highest BCUT2D eigenvalue weighted by Crippen LogP contribution is 2.24. The van der Waals surface area contributed by atoms with Crippen LogP contribution in [0.3, 0.4) is 0 Å². The fourth-order valence-electron chi connectivity index (χ4n) is 1.42. The Morgan fingerprint density at radius 1 is 1.35 bits per heavy atom. The lowest BCUT2D eigenvalue weighted by Crippen LogP contribution is -1.92. The number of pyridine rings is 1. The summed E-state index contributed by atoms with van der Waals surface area (Å²) in [6.45, 7) is 1.79. The molecule has 2 aromatic rings. The van der Waals surface area contributed by atoms with Gasteiger partial charge in [0.15, 0.2) is 0 Å². The number of carbonyl (C=O) groups excluding carboxylic acids is 1. The Kier molecular flexibility index (Phi) is 3.14. The third-order valence-corrected chi connectivity index (χ3v) is 2.22. The number of hydrogen-bond acceptors (Lipinski definition) is 3. The molecule has 0 saturated carbocycles. The van der Waals surface area contributed by atoms with Crippen molar-refractivity contribution in [1.82, 2.24) is 4.98 Å². The quantitative estimate of drug-likeness (QED) is 0.762. The zero-order valence-corrected chi connectivity index (χ0v) is 9.18. The van der Waals surface area contributed by atoms with Gasteiger partial charge in [0, 0.05) is 17.8 Å². The van der Waals surface area contributed by atoms with Gasteiger partial charge in [-0.25, -0.2) is 4.39 Å². The molecule has 86 valence electrons. The highest BCUT2D eigenvalue weighted by molar-refractivity contribution is 5.75. The van der Waals surface area contributed by atoms with Gasteiger partial charge in [0.05, 0.1) is 5.69 Å². The zero-order chi connectivity index (χ0) is 12.3. The normalized spacial score (nSPS) is 10.0. The minimum Gasteiger partial charge on any atom is -0.455 e. The van der Waals surface area contributed by atoms with Crippen LogP contribution in [0, 0.1) is 12.7 Å². The molecule has 0 aliphatic carbocycles. The molecule has 1 heterocycles. The first kappa shape index (κ1) is 11.3. The molecule has 0 radical (unpaired) electrons. The van der Waals surface area contributed by atoms with Crippen molar-refractivity contribution in [3.63, 3.8) is 0 Å². The summed E-state index contributed by atoms with van der Waals surface area (Å²) < 4.78 is 18.6. The number of hydrogen-bond donors (Lipinski definition) is 0. The smallest absolute Gasteiger partial charge is 0.150 e. The lowest BCUT2D eigenvalue weighted by atomic mass is 10.2. The number of rotatable bonds is 3. The average molecular weight is 231 g/mol. The second-order valence-electron chi connectivity index (χ2n) is 3.53. The third-order valence-electron chi connectivity index (χ3n) is 2.22. The molecule has 2 rings (SSSR count). The fourth-order valence-corrected chi connectivity index (χ4v) is 1.42. The first-order chi connectivity index (χ1) is 8.19. The van der Waals surface area contributed by atoms with Gasteiger partial charge >= 0.3 is 0 Å². The fraction of sp³-hybridized carbons (Fsp3) is 0.0769. The Morgan fingerprint density at radius 3 is 2.88 bits per heavy atom. The molecule has 0 aliphatic heterocycles. The van der Waals surface area contributed by atoms with Crippen molar-refractivity contribution in [3.05, 3.63) is 53.6 Å². The van der Waals surface area contributed by atoms with E-state index in [-0.39, 0.29) is 11.3 Å². The first-order valence-corrected chi connectivity index (χ1v) is 5.04. The Balaban J connectivity index is 2.33. The SMILES string of the molecule is Cc1ncccc1Oc1cc(F)cc(C=O)c1. The summed E-state index contributed by atoms with van der Waals surface area (Å²) in [5.74, 6) is 0.310. The molecule has 0 fully saturated rings. The van der Waals surface area contributed by atoms with E-state index in [1.807, 2.05) is 0 Å². The standard InChI is InChI=1S/C13H10FNO2/c1-9-13(3-2-4-15-9)17-12-6-10(8-16)5-11(14)7-12/h2-8H,1H3. The molecular weight excluding hydrogens is 221 g/mol. The molecule has 0 unspecified atom stereocenters. The molecule has 17 heavy (non-hydrogen) atoms. The molecule has 0 spiro atoms. The topological polar surface area (TPSA) is 39.2 Å². The minimum absolute atomic E-state index is 0.238. The zero-order valence-electron chi connectivity index (χ0n) is 9.18. The summed E-state index contributed by atoms with van der Waals surface area (Å²) in [5, 5.41) is 0. The maximum absolute atomic E-state index is 13.2. The molecule has 0 N–H and O–H groups in total. The maximum atomic E-state index is 13.2. The van der Waals surface area contributed by atoms with Gasteiger partial charge in [0.25, 0.3) is 0 Å². The van der Waals surface area contributed by atoms with Crippen molar-refractivity contribution in [2.75, 3.05) is 0 Å². The van der Waals surface area contributed by atoms with E-state index < -0.39 is 5.82 Å². The van der Waals surface area contributed by atoms with E-state index in [9.17, 15) is 9.18 Å². The number of aromatic nitrogens is 1. The van der Waals surface area contributed by atoms with E-state index >= 15 is 0 Å². The number of carbonyl (C=O) groups is 1. The number of benzene rings is 1. The third kappa shape index (κ3) is 2.66. The Bertz CT molecular complexity index is 555. The van der Waals surface area contributed by atoms with Crippen LogP contribution < -0.4 is 4.74 Å². The van der Waals surface area contributed by atoms with E-state index in [1.165, 1.54) is 12.1 Å². The molecule has 1 aromatic heterocycles. The van der Waals surface area contributed by atoms with Crippen LogP contribution in [0.15, 0.2) is 36.5 Å². The van der Waals surface area contributed by atoms with Gasteiger partial charge in [-0.1, -0.05) is 0 Å². The largest absolute Gasteiger partial charge is 0.455 e. The Hall–Kier alpha value is -2.23. The summed E-state index contributed by atoms with van der Waals surface area (Å²) >= 11 is 0. The second kappa shape index (κ2) is 4.74. The predicted molar refractivity (Wildman–Crippen MR) is 60.8 cm³/mol. The minimum atomic E-state index is -0.508. The highest BCUT2D eigenvalue weighted by Gasteiger charge is 2.04. The Morgan fingerprint density at radius 2 is 2.18 bits per heavy atom. The van der Waals surface area contributed by atoms with Gasteiger partial charge in [-0.15, -0.1) is 0 Å². The van der Waals surface area contributed by atoms with Crippen LogP contribution in [0.25, 0.3) is 0 Å². The van der Waals surface area contributed by atoms with Crippen LogP contribution in [-0.2, 0) is 0 Å². The van der Waals surface area contributed by atoms with Crippen LogP contribution in [0.1, 0.15) is 16.1 Å². The van der Waals surface area contributed by atoms with Crippen molar-refractivity contribution in [1.29, 1.82) is 0 Å². The number of aldehydes is 1. The number of aryl methyl sites for hydroxylation is 1. The van der Waals surface area contributed by atoms with Crippen molar-refractivity contribution in [3.8, 4) is 11.5 Å². The molecule has 0 bridgehead atoms. The van der Waals surface area contributed by atoms with Gasteiger partial charge in [0.2, 0.25) is 0 Å². The average Bonchev–Trinajstić information content (AvgIpc) is 2.31. The van der Waals surface area contributed by atoms with E-state index in [0.717, 1.165) is 6.07 Å². The van der Waals surface area contributed by atoms with Gasteiger partial charge in [0.1, 0.15) is 23.6 Å². The Labute approximate surface area is 97.9 Å². The first-order valence-electron chi connectivity index (χ1n) is 5.04. The van der Waals surface area contributed by atoms with Gasteiger partial charge in [-0.2, -0.15) is 0 Å². The van der Waals surface area contributed by atoms with Gasteiger partial charge < -0.3 is 4.74 Å². The number of halogens is 1. The highest BCUT2D eigenvalue weighted by atomic mass is 19.1. The van der Waals surface area contributed by atoms with Gasteiger partial charge in [-0.05, 0) is 31.2 Å². The van der Waals surface area contributed by atoms with Crippen LogP contribution in [0.2, 0.25) is 0 Å². The number of ether oxygens (including phenoxy) is 1. The maximum Gasteiger partial charge on any atom is 0.150 e. The van der Waals surface area contributed by atoms with Crippen LogP contribution in [0.5, 0.6) is 11.5 Å². The molecule has 0 amide bonds. The summed E-state index contributed by atoms with van der Waals surface area (Å²) in [5.41, 5.74) is 0.936.